The Labute approximate surface area is 117 Å². The lowest BCUT2D eigenvalue weighted by atomic mass is 9.82. The van der Waals surface area contributed by atoms with E-state index in [0.29, 0.717) is 12.7 Å². The molecule has 4 heteroatoms. The highest BCUT2D eigenvalue weighted by Crippen LogP contribution is 2.43. The lowest BCUT2D eigenvalue weighted by molar-refractivity contribution is 0.174. The molecule has 1 aromatic carbocycles. The summed E-state index contributed by atoms with van der Waals surface area (Å²) in [6, 6.07) is 4.16. The zero-order valence-electron chi connectivity index (χ0n) is 11.2. The Kier molecular flexibility index (Phi) is 1.98. The van der Waals surface area contributed by atoms with Gasteiger partial charge in [0.05, 0.1) is 0 Å². The van der Waals surface area contributed by atoms with E-state index >= 15 is 0 Å². The minimum atomic E-state index is 0.330. The number of benzene rings is 1. The highest BCUT2D eigenvalue weighted by Gasteiger charge is 2.29. The summed E-state index contributed by atoms with van der Waals surface area (Å²) in [6.07, 6.45) is 7.05. The van der Waals surface area contributed by atoms with Gasteiger partial charge in [-0.1, -0.05) is 0 Å². The molecule has 1 saturated heterocycles. The molecule has 1 fully saturated rings. The van der Waals surface area contributed by atoms with Crippen LogP contribution in [0.4, 0.5) is 0 Å². The van der Waals surface area contributed by atoms with Gasteiger partial charge in [-0.25, -0.2) is 0 Å². The van der Waals surface area contributed by atoms with Gasteiger partial charge < -0.3 is 19.4 Å². The quantitative estimate of drug-likeness (QED) is 0.864. The molecule has 4 aliphatic heterocycles. The molecular formula is C16H16N2O2. The Morgan fingerprint density at radius 2 is 1.90 bits per heavy atom. The third-order valence-corrected chi connectivity index (χ3v) is 4.78. The summed E-state index contributed by atoms with van der Waals surface area (Å²) in [5, 5.41) is 1.24. The molecule has 0 radical (unpaired) electrons. The van der Waals surface area contributed by atoms with E-state index in [1.54, 1.807) is 0 Å². The number of nitrogens with zero attached hydrogens (tertiary/aromatic N) is 1. The van der Waals surface area contributed by atoms with Crippen molar-refractivity contribution in [3.05, 3.63) is 30.1 Å². The van der Waals surface area contributed by atoms with E-state index in [-0.39, 0.29) is 0 Å². The van der Waals surface area contributed by atoms with Crippen molar-refractivity contribution in [3.63, 3.8) is 0 Å². The average Bonchev–Trinajstić information content (AvgIpc) is 3.11. The van der Waals surface area contributed by atoms with E-state index in [2.05, 4.69) is 28.3 Å². The van der Waals surface area contributed by atoms with Crippen molar-refractivity contribution in [1.82, 2.24) is 9.88 Å². The third kappa shape index (κ3) is 1.36. The van der Waals surface area contributed by atoms with E-state index in [1.165, 1.54) is 42.5 Å². The zero-order valence-corrected chi connectivity index (χ0v) is 11.2. The maximum Gasteiger partial charge on any atom is 0.231 e. The fraction of sp³-hybridized carbons (Fsp3) is 0.375. The van der Waals surface area contributed by atoms with Gasteiger partial charge in [0.15, 0.2) is 11.5 Å². The van der Waals surface area contributed by atoms with Crippen LogP contribution in [-0.2, 0) is 0 Å². The second-order valence-electron chi connectivity index (χ2n) is 5.85. The second-order valence-corrected chi connectivity index (χ2v) is 5.85. The number of hydrogen-bond acceptors (Lipinski definition) is 3. The molecule has 0 saturated carbocycles. The van der Waals surface area contributed by atoms with Gasteiger partial charge in [0, 0.05) is 48.0 Å². The smallest absolute Gasteiger partial charge is 0.231 e. The van der Waals surface area contributed by atoms with Crippen LogP contribution in [0.1, 0.15) is 18.4 Å². The van der Waals surface area contributed by atoms with Crippen LogP contribution >= 0.6 is 0 Å². The van der Waals surface area contributed by atoms with Crippen LogP contribution in [0.25, 0.3) is 16.5 Å². The monoisotopic (exact) mass is 268 g/mol. The van der Waals surface area contributed by atoms with Gasteiger partial charge in [-0.3, -0.25) is 0 Å². The number of aromatic nitrogens is 1. The first kappa shape index (κ1) is 10.7. The fourth-order valence-corrected chi connectivity index (χ4v) is 3.68. The third-order valence-electron chi connectivity index (χ3n) is 4.78. The molecule has 5 heterocycles. The van der Waals surface area contributed by atoms with E-state index in [9.17, 15) is 0 Å². The van der Waals surface area contributed by atoms with Gasteiger partial charge in [-0.2, -0.15) is 0 Å². The first-order chi connectivity index (χ1) is 9.88. The van der Waals surface area contributed by atoms with Gasteiger partial charge >= 0.3 is 0 Å². The maximum absolute atomic E-state index is 5.51. The normalized spacial score (nSPS) is 20.8. The fourth-order valence-electron chi connectivity index (χ4n) is 3.68. The minimum Gasteiger partial charge on any atom is -0.454 e. The van der Waals surface area contributed by atoms with Gasteiger partial charge in [-0.05, 0) is 30.4 Å². The van der Waals surface area contributed by atoms with Crippen molar-refractivity contribution in [1.29, 1.82) is 0 Å². The molecule has 2 aromatic rings. The predicted octanol–water partition coefficient (Wildman–Crippen LogP) is 2.96. The molecule has 102 valence electrons. The number of rotatable bonds is 1. The first-order valence-electron chi connectivity index (χ1n) is 7.25. The lowest BCUT2D eigenvalue weighted by Gasteiger charge is -2.39. The van der Waals surface area contributed by atoms with E-state index in [4.69, 9.17) is 9.47 Å². The van der Waals surface area contributed by atoms with Gasteiger partial charge in [0.1, 0.15) is 0 Å². The number of ether oxygens (including phenoxy) is 2. The van der Waals surface area contributed by atoms with E-state index in [1.807, 2.05) is 6.07 Å². The van der Waals surface area contributed by atoms with Crippen LogP contribution in [0.15, 0.2) is 24.5 Å². The largest absolute Gasteiger partial charge is 0.454 e. The first-order valence-corrected chi connectivity index (χ1v) is 7.25. The van der Waals surface area contributed by atoms with Crippen LogP contribution in [-0.4, -0.2) is 29.8 Å². The molecule has 1 aromatic heterocycles. The Morgan fingerprint density at radius 1 is 1.10 bits per heavy atom. The molecule has 0 unspecified atom stereocenters. The SMILES string of the molecule is C1=C(c2c[nH]c3cc4c(cc23)OCO4)C2CCN1CC2. The average molecular weight is 268 g/mol. The van der Waals surface area contributed by atoms with Crippen molar-refractivity contribution in [2.45, 2.75) is 12.8 Å². The van der Waals surface area contributed by atoms with Crippen molar-refractivity contribution in [2.24, 2.45) is 5.92 Å². The molecule has 0 spiro atoms. The molecule has 2 bridgehead atoms. The highest BCUT2D eigenvalue weighted by molar-refractivity contribution is 5.95. The summed E-state index contributed by atoms with van der Waals surface area (Å²) in [5.74, 6) is 2.42. The molecule has 4 aliphatic rings. The van der Waals surface area contributed by atoms with Gasteiger partial charge in [0.25, 0.3) is 0 Å². The highest BCUT2D eigenvalue weighted by atomic mass is 16.7. The van der Waals surface area contributed by atoms with Gasteiger partial charge in [0.2, 0.25) is 6.79 Å². The van der Waals surface area contributed by atoms with Gasteiger partial charge in [-0.15, -0.1) is 0 Å². The number of hydrogen-bond donors (Lipinski definition) is 1. The van der Waals surface area contributed by atoms with Crippen LogP contribution in [0.5, 0.6) is 11.5 Å². The van der Waals surface area contributed by atoms with Crippen molar-refractivity contribution in [3.8, 4) is 11.5 Å². The zero-order chi connectivity index (χ0) is 13.1. The number of piperidine rings is 1. The summed E-state index contributed by atoms with van der Waals surface area (Å²) >= 11 is 0. The topological polar surface area (TPSA) is 37.5 Å². The number of H-pyrrole nitrogens is 1. The number of nitrogens with one attached hydrogen (secondary N) is 1. The summed E-state index contributed by atoms with van der Waals surface area (Å²) in [7, 11) is 0. The summed E-state index contributed by atoms with van der Waals surface area (Å²) in [6.45, 7) is 2.75. The molecule has 0 amide bonds. The number of aromatic amines is 1. The number of allylic oxidation sites excluding steroid dienone is 1. The van der Waals surface area contributed by atoms with Crippen LogP contribution in [0.2, 0.25) is 0 Å². The van der Waals surface area contributed by atoms with Crippen molar-refractivity contribution < 1.29 is 9.47 Å². The van der Waals surface area contributed by atoms with E-state index < -0.39 is 0 Å². The Morgan fingerprint density at radius 3 is 2.65 bits per heavy atom. The van der Waals surface area contributed by atoms with Crippen LogP contribution in [0.3, 0.4) is 0 Å². The predicted molar refractivity (Wildman–Crippen MR) is 76.7 cm³/mol. The molecule has 0 aliphatic carbocycles. The maximum atomic E-state index is 5.51. The Bertz CT molecular complexity index is 723. The molecule has 0 atom stereocenters. The molecule has 20 heavy (non-hydrogen) atoms. The standard InChI is InChI=1S/C16H16N2O2/c1-3-18-4-2-10(1)13(8-18)12-7-17-14-6-16-15(5-11(12)14)19-9-20-16/h5-8,10,17H,1-4,9H2. The summed E-state index contributed by atoms with van der Waals surface area (Å²) in [4.78, 5) is 5.83. The molecule has 6 rings (SSSR count). The molecule has 4 nitrogen and oxygen atoms in total. The lowest BCUT2D eigenvalue weighted by Crippen LogP contribution is -2.35. The second kappa shape index (κ2) is 3.72. The van der Waals surface area contributed by atoms with Crippen molar-refractivity contribution in [2.75, 3.05) is 19.9 Å². The van der Waals surface area contributed by atoms with Crippen molar-refractivity contribution >= 4 is 16.5 Å². The molecular weight excluding hydrogens is 252 g/mol. The molecule has 1 N–H and O–H groups in total. The van der Waals surface area contributed by atoms with E-state index in [0.717, 1.165) is 17.0 Å². The number of fused-ring (bicyclic) bond motifs is 4. The van der Waals surface area contributed by atoms with Crippen LogP contribution < -0.4 is 9.47 Å². The van der Waals surface area contributed by atoms with Crippen LogP contribution in [0, 0.1) is 5.92 Å². The summed E-state index contributed by atoms with van der Waals surface area (Å²) in [5.41, 5.74) is 3.93. The minimum absolute atomic E-state index is 0.330. The summed E-state index contributed by atoms with van der Waals surface area (Å²) < 4.78 is 11.0. The Hall–Kier alpha value is -2.10. The Balaban J connectivity index is 1.70.